The molecule has 3 nitrogen and oxygen atoms in total. The second-order valence-electron chi connectivity index (χ2n) is 9.42. The second-order valence-corrected chi connectivity index (χ2v) is 9.42. The lowest BCUT2D eigenvalue weighted by Crippen LogP contribution is -2.58. The van der Waals surface area contributed by atoms with Crippen LogP contribution in [0.3, 0.4) is 0 Å². The Hall–Kier alpha value is -0.740. The molecular formula is C24H37Cl2N3. The molecule has 0 spiro atoms. The van der Waals surface area contributed by atoms with Crippen LogP contribution < -0.4 is 5.73 Å². The lowest BCUT2D eigenvalue weighted by Gasteiger charge is -2.59. The molecule has 0 radical (unpaired) electrons. The molecule has 2 N–H and O–H groups in total. The number of nitrogens with two attached hydrogens (primary N) is 1. The normalized spacial score (nSPS) is 28.4. The van der Waals surface area contributed by atoms with Crippen LogP contribution in [0.4, 0.5) is 0 Å². The molecule has 3 aliphatic heterocycles. The van der Waals surface area contributed by atoms with Gasteiger partial charge in [0.2, 0.25) is 0 Å². The number of benzene rings is 1. The van der Waals surface area contributed by atoms with Gasteiger partial charge in [-0.25, -0.2) is 0 Å². The maximum Gasteiger partial charge on any atom is 0.0561 e. The molecule has 0 aliphatic carbocycles. The van der Waals surface area contributed by atoms with Gasteiger partial charge in [0.15, 0.2) is 0 Å². The minimum atomic E-state index is -0.123. The van der Waals surface area contributed by atoms with Gasteiger partial charge in [0, 0.05) is 28.7 Å². The molecule has 0 saturated carbocycles. The number of fused-ring (bicyclic) bond motifs is 3. The largest absolute Gasteiger partial charge is 0.338 e. The molecule has 1 aromatic heterocycles. The van der Waals surface area contributed by atoms with Gasteiger partial charge in [-0.15, -0.1) is 24.8 Å². The highest BCUT2D eigenvalue weighted by molar-refractivity contribution is 5.87. The van der Waals surface area contributed by atoms with E-state index in [1.807, 2.05) is 0 Å². The van der Waals surface area contributed by atoms with Crippen molar-refractivity contribution in [1.82, 2.24) is 9.47 Å². The predicted octanol–water partition coefficient (Wildman–Crippen LogP) is 6.04. The van der Waals surface area contributed by atoms with Gasteiger partial charge in [0.1, 0.15) is 0 Å². The van der Waals surface area contributed by atoms with Crippen molar-refractivity contribution in [2.75, 3.05) is 13.1 Å². The van der Waals surface area contributed by atoms with Gasteiger partial charge in [-0.2, -0.15) is 0 Å². The SMILES string of the molecule is CCC(N)(CC)C1C[C@]2(CC)CCCN3CCc4c(n1c1ccccc41)[C@@H]32.Cl.Cl. The van der Waals surface area contributed by atoms with Crippen molar-refractivity contribution in [2.45, 2.75) is 83.3 Å². The fourth-order valence-corrected chi connectivity index (χ4v) is 6.88. The van der Waals surface area contributed by atoms with Crippen molar-refractivity contribution < 1.29 is 0 Å². The quantitative estimate of drug-likeness (QED) is 0.632. The van der Waals surface area contributed by atoms with E-state index >= 15 is 0 Å². The zero-order valence-electron chi connectivity index (χ0n) is 18.1. The van der Waals surface area contributed by atoms with Crippen LogP contribution in [0.25, 0.3) is 10.9 Å². The topological polar surface area (TPSA) is 34.2 Å². The van der Waals surface area contributed by atoms with Gasteiger partial charge in [-0.1, -0.05) is 39.0 Å². The van der Waals surface area contributed by atoms with Crippen LogP contribution in [-0.4, -0.2) is 28.1 Å². The van der Waals surface area contributed by atoms with E-state index in [0.717, 1.165) is 12.8 Å². The van der Waals surface area contributed by atoms with E-state index in [2.05, 4.69) is 54.5 Å². The summed E-state index contributed by atoms with van der Waals surface area (Å²) in [5, 5.41) is 1.49. The van der Waals surface area contributed by atoms with Crippen molar-refractivity contribution in [2.24, 2.45) is 11.1 Å². The molecule has 0 amide bonds. The highest BCUT2D eigenvalue weighted by Crippen LogP contribution is 2.61. The van der Waals surface area contributed by atoms with Crippen molar-refractivity contribution in [3.63, 3.8) is 0 Å². The Bertz CT molecular complexity index is 872. The Morgan fingerprint density at radius 1 is 1.10 bits per heavy atom. The summed E-state index contributed by atoms with van der Waals surface area (Å²) < 4.78 is 2.73. The number of para-hydroxylation sites is 1. The zero-order chi connectivity index (χ0) is 18.8. The van der Waals surface area contributed by atoms with Crippen LogP contribution in [0.2, 0.25) is 0 Å². The number of nitrogens with zero attached hydrogens (tertiary/aromatic N) is 2. The first-order chi connectivity index (χ1) is 13.1. The molecule has 3 atom stereocenters. The summed E-state index contributed by atoms with van der Waals surface area (Å²) in [4.78, 5) is 2.82. The minimum Gasteiger partial charge on any atom is -0.338 e. The fraction of sp³-hybridized carbons (Fsp3) is 0.667. The lowest BCUT2D eigenvalue weighted by molar-refractivity contribution is -0.0468. The Kier molecular flexibility index (Phi) is 6.38. The molecular weight excluding hydrogens is 401 g/mol. The molecule has 162 valence electrons. The Morgan fingerprint density at radius 3 is 2.52 bits per heavy atom. The van der Waals surface area contributed by atoms with Gasteiger partial charge in [0.25, 0.3) is 0 Å². The first kappa shape index (κ1) is 22.9. The second kappa shape index (κ2) is 8.07. The molecule has 0 bridgehead atoms. The van der Waals surface area contributed by atoms with E-state index in [9.17, 15) is 0 Å². The third-order valence-corrected chi connectivity index (χ3v) is 8.63. The number of hydrogen-bond donors (Lipinski definition) is 1. The van der Waals surface area contributed by atoms with Gasteiger partial charge in [-0.3, -0.25) is 4.90 Å². The Labute approximate surface area is 188 Å². The number of aromatic nitrogens is 1. The first-order valence-corrected chi connectivity index (χ1v) is 11.2. The number of piperidine rings is 1. The first-order valence-electron chi connectivity index (χ1n) is 11.2. The maximum atomic E-state index is 7.14. The molecule has 1 saturated heterocycles. The highest BCUT2D eigenvalue weighted by Gasteiger charge is 2.55. The van der Waals surface area contributed by atoms with Crippen LogP contribution >= 0.6 is 24.8 Å². The molecule has 2 aromatic rings. The van der Waals surface area contributed by atoms with Crippen molar-refractivity contribution in [3.05, 3.63) is 35.5 Å². The summed E-state index contributed by atoms with van der Waals surface area (Å²) in [5.74, 6) is 0. The maximum absolute atomic E-state index is 7.14. The van der Waals surface area contributed by atoms with Crippen LogP contribution in [0.1, 0.15) is 82.6 Å². The van der Waals surface area contributed by atoms with E-state index in [1.54, 1.807) is 11.3 Å². The van der Waals surface area contributed by atoms with E-state index in [-0.39, 0.29) is 30.4 Å². The number of hydrogen-bond acceptors (Lipinski definition) is 2. The van der Waals surface area contributed by atoms with E-state index in [4.69, 9.17) is 5.73 Å². The zero-order valence-corrected chi connectivity index (χ0v) is 19.7. The van der Waals surface area contributed by atoms with Gasteiger partial charge in [-0.05, 0) is 68.5 Å². The molecule has 3 aliphatic rings. The lowest BCUT2D eigenvalue weighted by atomic mass is 9.60. The molecule has 4 heterocycles. The molecule has 5 rings (SSSR count). The van der Waals surface area contributed by atoms with Gasteiger partial charge < -0.3 is 10.3 Å². The Balaban J connectivity index is 0.00000120. The number of rotatable bonds is 4. The van der Waals surface area contributed by atoms with Crippen LogP contribution in [0.15, 0.2) is 24.3 Å². The predicted molar refractivity (Wildman–Crippen MR) is 128 cm³/mol. The van der Waals surface area contributed by atoms with Crippen molar-refractivity contribution >= 4 is 35.7 Å². The van der Waals surface area contributed by atoms with Crippen LogP contribution in [0.5, 0.6) is 0 Å². The van der Waals surface area contributed by atoms with E-state index < -0.39 is 0 Å². The fourth-order valence-electron chi connectivity index (χ4n) is 6.88. The summed E-state index contributed by atoms with van der Waals surface area (Å²) in [6.45, 7) is 9.52. The Morgan fingerprint density at radius 2 is 1.83 bits per heavy atom. The van der Waals surface area contributed by atoms with Gasteiger partial charge in [0.05, 0.1) is 12.1 Å². The van der Waals surface area contributed by atoms with Crippen LogP contribution in [-0.2, 0) is 6.42 Å². The average molecular weight is 438 g/mol. The molecule has 29 heavy (non-hydrogen) atoms. The summed E-state index contributed by atoms with van der Waals surface area (Å²) in [6.07, 6.45) is 8.52. The summed E-state index contributed by atoms with van der Waals surface area (Å²) >= 11 is 0. The molecule has 1 fully saturated rings. The molecule has 1 unspecified atom stereocenters. The monoisotopic (exact) mass is 437 g/mol. The van der Waals surface area contributed by atoms with Crippen molar-refractivity contribution in [3.8, 4) is 0 Å². The summed E-state index contributed by atoms with van der Waals surface area (Å²) in [7, 11) is 0. The highest BCUT2D eigenvalue weighted by atomic mass is 35.5. The average Bonchev–Trinajstić information content (AvgIpc) is 3.07. The van der Waals surface area contributed by atoms with Gasteiger partial charge >= 0.3 is 0 Å². The summed E-state index contributed by atoms with van der Waals surface area (Å²) in [5.41, 5.74) is 12.1. The van der Waals surface area contributed by atoms with E-state index in [0.29, 0.717) is 17.5 Å². The minimum absolute atomic E-state index is 0. The third kappa shape index (κ3) is 2.99. The standard InChI is InChI=1S/C24H35N3.2ClH/c1-4-23-13-9-14-26-15-12-18-17-10-7-8-11-19(17)27(21(18)22(23)26)20(16-23)24(25,5-2)6-3;;/h7-8,10-11,20,22H,4-6,9,12-16,25H2,1-3H3;2*1H/t20?,22-,23+;;/m1../s1. The summed E-state index contributed by atoms with van der Waals surface area (Å²) in [6, 6.07) is 10.1. The van der Waals surface area contributed by atoms with Crippen molar-refractivity contribution in [1.29, 1.82) is 0 Å². The molecule has 5 heteroatoms. The third-order valence-electron chi connectivity index (χ3n) is 8.63. The van der Waals surface area contributed by atoms with Crippen LogP contribution in [0, 0.1) is 5.41 Å². The number of halogens is 2. The smallest absolute Gasteiger partial charge is 0.0561 e. The molecule has 1 aromatic carbocycles. The van der Waals surface area contributed by atoms with E-state index in [1.165, 1.54) is 56.1 Å².